The van der Waals surface area contributed by atoms with Crippen LogP contribution in [0.4, 0.5) is 0 Å². The standard InChI is InChI=1S/C19H18BrClO5/c1-4-25-18-15(20)9-13(10-16(18)24-3)19(23)26-11(2)17(22)12-6-5-7-14(21)8-12/h5-11H,4H2,1-3H3. The molecule has 0 aromatic heterocycles. The minimum atomic E-state index is -0.961. The Kier molecular flexibility index (Phi) is 7.06. The summed E-state index contributed by atoms with van der Waals surface area (Å²) in [4.78, 5) is 24.8. The summed E-state index contributed by atoms with van der Waals surface area (Å²) in [6.07, 6.45) is -0.961. The third-order valence-electron chi connectivity index (χ3n) is 3.52. The first-order chi connectivity index (χ1) is 12.4. The molecule has 5 nitrogen and oxygen atoms in total. The molecule has 0 spiro atoms. The Labute approximate surface area is 165 Å². The maximum absolute atomic E-state index is 12.4. The van der Waals surface area contributed by atoms with Crippen LogP contribution in [0.1, 0.15) is 34.6 Å². The van der Waals surface area contributed by atoms with Gasteiger partial charge in [-0.3, -0.25) is 4.79 Å². The number of ketones is 1. The molecule has 7 heteroatoms. The van der Waals surface area contributed by atoms with Gasteiger partial charge in [-0.1, -0.05) is 23.7 Å². The average Bonchev–Trinajstić information content (AvgIpc) is 2.62. The van der Waals surface area contributed by atoms with Crippen molar-refractivity contribution in [3.63, 3.8) is 0 Å². The van der Waals surface area contributed by atoms with Gasteiger partial charge >= 0.3 is 5.97 Å². The summed E-state index contributed by atoms with van der Waals surface area (Å²) in [5, 5.41) is 0.439. The molecule has 0 bridgehead atoms. The number of hydrogen-bond donors (Lipinski definition) is 0. The molecule has 138 valence electrons. The fourth-order valence-electron chi connectivity index (χ4n) is 2.28. The molecule has 1 atom stereocenters. The minimum Gasteiger partial charge on any atom is -0.493 e. The fraction of sp³-hybridized carbons (Fsp3) is 0.263. The molecule has 2 rings (SSSR count). The second-order valence-electron chi connectivity index (χ2n) is 5.34. The number of carbonyl (C=O) groups is 2. The van der Waals surface area contributed by atoms with Gasteiger partial charge in [-0.05, 0) is 54.0 Å². The van der Waals surface area contributed by atoms with Gasteiger partial charge in [-0.25, -0.2) is 4.79 Å². The van der Waals surface area contributed by atoms with Gasteiger partial charge in [0.15, 0.2) is 17.6 Å². The van der Waals surface area contributed by atoms with Gasteiger partial charge in [0.1, 0.15) is 0 Å². The van der Waals surface area contributed by atoms with Gasteiger partial charge in [-0.15, -0.1) is 0 Å². The smallest absolute Gasteiger partial charge is 0.339 e. The Morgan fingerprint density at radius 1 is 1.19 bits per heavy atom. The van der Waals surface area contributed by atoms with Crippen LogP contribution in [0.5, 0.6) is 11.5 Å². The molecule has 0 N–H and O–H groups in total. The average molecular weight is 442 g/mol. The first-order valence-electron chi connectivity index (χ1n) is 7.88. The number of benzene rings is 2. The highest BCUT2D eigenvalue weighted by Gasteiger charge is 2.22. The minimum absolute atomic E-state index is 0.239. The van der Waals surface area contributed by atoms with Gasteiger partial charge in [0.25, 0.3) is 0 Å². The SMILES string of the molecule is CCOc1c(Br)cc(C(=O)OC(C)C(=O)c2cccc(Cl)c2)cc1OC. The molecule has 0 aliphatic carbocycles. The van der Waals surface area contributed by atoms with E-state index in [0.717, 1.165) is 0 Å². The van der Waals surface area contributed by atoms with Crippen molar-refractivity contribution < 1.29 is 23.8 Å². The van der Waals surface area contributed by atoms with Gasteiger partial charge in [0.05, 0.1) is 23.8 Å². The van der Waals surface area contributed by atoms with Gasteiger partial charge in [0, 0.05) is 10.6 Å². The number of ether oxygens (including phenoxy) is 3. The van der Waals surface area contributed by atoms with Crippen molar-refractivity contribution in [3.8, 4) is 11.5 Å². The second-order valence-corrected chi connectivity index (χ2v) is 6.64. The number of methoxy groups -OCH3 is 1. The van der Waals surface area contributed by atoms with Crippen LogP contribution in [0.25, 0.3) is 0 Å². The Bertz CT molecular complexity index is 822. The molecule has 0 heterocycles. The molecule has 0 aliphatic rings. The van der Waals surface area contributed by atoms with E-state index in [1.54, 1.807) is 24.3 Å². The van der Waals surface area contributed by atoms with E-state index in [0.29, 0.717) is 33.2 Å². The number of esters is 1. The predicted octanol–water partition coefficient (Wildman–Crippen LogP) is 4.94. The highest BCUT2D eigenvalue weighted by Crippen LogP contribution is 2.37. The van der Waals surface area contributed by atoms with Crippen molar-refractivity contribution in [3.05, 3.63) is 57.0 Å². The summed E-state index contributed by atoms with van der Waals surface area (Å²) in [6.45, 7) is 3.81. The first kappa shape index (κ1) is 20.3. The van der Waals surface area contributed by atoms with Crippen LogP contribution in [0.3, 0.4) is 0 Å². The van der Waals surface area contributed by atoms with Crippen LogP contribution in [-0.2, 0) is 4.74 Å². The van der Waals surface area contributed by atoms with Crippen LogP contribution in [0, 0.1) is 0 Å². The Morgan fingerprint density at radius 3 is 2.54 bits per heavy atom. The van der Waals surface area contributed by atoms with E-state index >= 15 is 0 Å². The normalized spacial score (nSPS) is 11.6. The quantitative estimate of drug-likeness (QED) is 0.450. The topological polar surface area (TPSA) is 61.8 Å². The van der Waals surface area contributed by atoms with Crippen LogP contribution in [0.15, 0.2) is 40.9 Å². The second kappa shape index (κ2) is 9.05. The maximum Gasteiger partial charge on any atom is 0.339 e. The van der Waals surface area contributed by atoms with E-state index in [-0.39, 0.29) is 11.3 Å². The first-order valence-corrected chi connectivity index (χ1v) is 9.05. The molecule has 0 radical (unpaired) electrons. The van der Waals surface area contributed by atoms with Gasteiger partial charge in [0.2, 0.25) is 5.78 Å². The summed E-state index contributed by atoms with van der Waals surface area (Å²) in [5.41, 5.74) is 0.617. The number of Topliss-reactive ketones (excluding diaryl/α,β-unsaturated/α-hetero) is 1. The predicted molar refractivity (Wildman–Crippen MR) is 103 cm³/mol. The Balaban J connectivity index is 2.18. The maximum atomic E-state index is 12.4. The van der Waals surface area contributed by atoms with E-state index in [9.17, 15) is 9.59 Å². The van der Waals surface area contributed by atoms with Gasteiger partial charge in [-0.2, -0.15) is 0 Å². The van der Waals surface area contributed by atoms with Crippen molar-refractivity contribution >= 4 is 39.3 Å². The molecular weight excluding hydrogens is 424 g/mol. The molecule has 2 aromatic carbocycles. The van der Waals surface area contributed by atoms with Crippen molar-refractivity contribution in [2.45, 2.75) is 20.0 Å². The lowest BCUT2D eigenvalue weighted by atomic mass is 10.1. The molecular formula is C19H18BrClO5. The number of halogens is 2. The lowest BCUT2D eigenvalue weighted by Crippen LogP contribution is -2.24. The molecule has 1 unspecified atom stereocenters. The van der Waals surface area contributed by atoms with Crippen molar-refractivity contribution in [1.82, 2.24) is 0 Å². The molecule has 0 saturated heterocycles. The Morgan fingerprint density at radius 2 is 1.92 bits per heavy atom. The molecule has 0 aliphatic heterocycles. The lowest BCUT2D eigenvalue weighted by molar-refractivity contribution is 0.0318. The number of carbonyl (C=O) groups excluding carboxylic acids is 2. The number of rotatable bonds is 7. The molecule has 26 heavy (non-hydrogen) atoms. The van der Waals surface area contributed by atoms with Crippen LogP contribution < -0.4 is 9.47 Å². The zero-order valence-corrected chi connectivity index (χ0v) is 16.9. The van der Waals surface area contributed by atoms with Crippen molar-refractivity contribution in [2.75, 3.05) is 13.7 Å². The van der Waals surface area contributed by atoms with Crippen LogP contribution in [0.2, 0.25) is 5.02 Å². The monoisotopic (exact) mass is 440 g/mol. The van der Waals surface area contributed by atoms with E-state index in [2.05, 4.69) is 15.9 Å². The third kappa shape index (κ3) is 4.77. The fourth-order valence-corrected chi connectivity index (χ4v) is 3.03. The largest absolute Gasteiger partial charge is 0.493 e. The summed E-state index contributed by atoms with van der Waals surface area (Å²) in [6, 6.07) is 9.55. The summed E-state index contributed by atoms with van der Waals surface area (Å²) < 4.78 is 16.6. The zero-order valence-electron chi connectivity index (χ0n) is 14.5. The van der Waals surface area contributed by atoms with Crippen LogP contribution in [-0.4, -0.2) is 31.6 Å². The molecule has 2 aromatic rings. The molecule has 0 saturated carbocycles. The van der Waals surface area contributed by atoms with Gasteiger partial charge < -0.3 is 14.2 Å². The third-order valence-corrected chi connectivity index (χ3v) is 4.34. The van der Waals surface area contributed by atoms with E-state index < -0.39 is 12.1 Å². The molecule has 0 amide bonds. The number of hydrogen-bond acceptors (Lipinski definition) is 5. The van der Waals surface area contributed by atoms with E-state index in [1.165, 1.54) is 26.2 Å². The summed E-state index contributed by atoms with van der Waals surface area (Å²) in [5.74, 6) is -0.0932. The van der Waals surface area contributed by atoms with E-state index in [1.807, 2.05) is 6.92 Å². The van der Waals surface area contributed by atoms with Crippen molar-refractivity contribution in [1.29, 1.82) is 0 Å². The highest BCUT2D eigenvalue weighted by atomic mass is 79.9. The van der Waals surface area contributed by atoms with E-state index in [4.69, 9.17) is 25.8 Å². The lowest BCUT2D eigenvalue weighted by Gasteiger charge is -2.15. The summed E-state index contributed by atoms with van der Waals surface area (Å²) >= 11 is 9.25. The highest BCUT2D eigenvalue weighted by molar-refractivity contribution is 9.10. The van der Waals surface area contributed by atoms with Crippen molar-refractivity contribution in [2.24, 2.45) is 0 Å². The molecule has 0 fully saturated rings. The zero-order chi connectivity index (χ0) is 19.3. The van der Waals surface area contributed by atoms with Crippen LogP contribution >= 0.6 is 27.5 Å². The summed E-state index contributed by atoms with van der Waals surface area (Å²) in [7, 11) is 1.48. The Hall–Kier alpha value is -2.05.